The molecule has 1 aromatic carbocycles. The van der Waals surface area contributed by atoms with E-state index in [2.05, 4.69) is 10.2 Å². The molecule has 2 aromatic heterocycles. The van der Waals surface area contributed by atoms with Crippen molar-refractivity contribution in [3.8, 4) is 17.0 Å². The third kappa shape index (κ3) is 2.32. The number of hydrogen-bond acceptors (Lipinski definition) is 5. The number of furan rings is 1. The number of rotatable bonds is 4. The molecular weight excluding hydrogens is 274 g/mol. The molecule has 0 aliphatic carbocycles. The molecule has 0 amide bonds. The number of aldehydes is 1. The van der Waals surface area contributed by atoms with Gasteiger partial charge in [0.05, 0.1) is 5.56 Å². The van der Waals surface area contributed by atoms with Crippen molar-refractivity contribution >= 4 is 12.3 Å². The summed E-state index contributed by atoms with van der Waals surface area (Å²) in [4.78, 5) is 22.0. The van der Waals surface area contributed by atoms with Crippen LogP contribution in [0.5, 0.6) is 0 Å². The molecule has 0 saturated heterocycles. The number of nitrogens with zero attached hydrogens (tertiary/aromatic N) is 3. The summed E-state index contributed by atoms with van der Waals surface area (Å²) < 4.78 is 6.95. The van der Waals surface area contributed by atoms with Gasteiger partial charge in [-0.25, -0.2) is 4.79 Å². The van der Waals surface area contributed by atoms with Crippen LogP contribution in [0.4, 0.5) is 0 Å². The van der Waals surface area contributed by atoms with Crippen LogP contribution in [0.15, 0.2) is 47.4 Å². The molecule has 0 spiro atoms. The van der Waals surface area contributed by atoms with Crippen molar-refractivity contribution in [3.05, 3.63) is 54.3 Å². The van der Waals surface area contributed by atoms with Gasteiger partial charge in [0.15, 0.2) is 12.0 Å². The van der Waals surface area contributed by atoms with Crippen LogP contribution in [0.25, 0.3) is 17.0 Å². The van der Waals surface area contributed by atoms with Crippen LogP contribution in [0.1, 0.15) is 20.9 Å². The van der Waals surface area contributed by atoms with Gasteiger partial charge in [-0.2, -0.15) is 0 Å². The van der Waals surface area contributed by atoms with Crippen molar-refractivity contribution in [3.63, 3.8) is 0 Å². The molecule has 0 aliphatic rings. The SMILES string of the molecule is O=Cc1ccc(-c2cc(-n3cnnc3)ccc2C(=O)O)o1. The fraction of sp³-hybridized carbons (Fsp3) is 0. The van der Waals surface area contributed by atoms with Gasteiger partial charge in [-0.05, 0) is 30.3 Å². The van der Waals surface area contributed by atoms with Crippen LogP contribution >= 0.6 is 0 Å². The third-order valence-electron chi connectivity index (χ3n) is 2.96. The maximum absolute atomic E-state index is 11.3. The van der Waals surface area contributed by atoms with Gasteiger partial charge in [0.2, 0.25) is 0 Å². The second-order valence-electron chi connectivity index (χ2n) is 4.22. The van der Waals surface area contributed by atoms with Gasteiger partial charge in [-0.15, -0.1) is 10.2 Å². The van der Waals surface area contributed by atoms with Crippen LogP contribution in [-0.4, -0.2) is 32.1 Å². The van der Waals surface area contributed by atoms with Gasteiger partial charge in [0.1, 0.15) is 18.4 Å². The fourth-order valence-electron chi connectivity index (χ4n) is 1.98. The molecule has 0 aliphatic heterocycles. The third-order valence-corrected chi connectivity index (χ3v) is 2.96. The van der Waals surface area contributed by atoms with Gasteiger partial charge in [0.25, 0.3) is 0 Å². The standard InChI is InChI=1S/C14H9N3O4/c18-6-10-2-4-13(21-10)12-5-9(17-7-15-16-8-17)1-3-11(12)14(19)20/h1-8H,(H,19,20). The molecule has 0 unspecified atom stereocenters. The van der Waals surface area contributed by atoms with Crippen LogP contribution < -0.4 is 0 Å². The van der Waals surface area contributed by atoms with Crippen molar-refractivity contribution in [2.45, 2.75) is 0 Å². The van der Waals surface area contributed by atoms with E-state index in [0.717, 1.165) is 0 Å². The second kappa shape index (κ2) is 5.04. The largest absolute Gasteiger partial charge is 0.478 e. The summed E-state index contributed by atoms with van der Waals surface area (Å²) in [6.07, 6.45) is 3.56. The average Bonchev–Trinajstić information content (AvgIpc) is 3.18. The summed E-state index contributed by atoms with van der Waals surface area (Å²) in [7, 11) is 0. The Morgan fingerprint density at radius 2 is 1.95 bits per heavy atom. The molecule has 0 atom stereocenters. The highest BCUT2D eigenvalue weighted by Crippen LogP contribution is 2.28. The summed E-state index contributed by atoms with van der Waals surface area (Å²) >= 11 is 0. The summed E-state index contributed by atoms with van der Waals surface area (Å²) in [5.74, 6) is -0.634. The van der Waals surface area contributed by atoms with Crippen molar-refractivity contribution < 1.29 is 19.1 Å². The molecule has 0 fully saturated rings. The summed E-state index contributed by atoms with van der Waals surface area (Å²) in [6.45, 7) is 0. The van der Waals surface area contributed by atoms with Gasteiger partial charge < -0.3 is 9.52 Å². The normalized spacial score (nSPS) is 10.5. The summed E-state index contributed by atoms with van der Waals surface area (Å²) in [6, 6.07) is 7.79. The molecule has 1 N–H and O–H groups in total. The zero-order valence-electron chi connectivity index (χ0n) is 10.6. The first-order chi connectivity index (χ1) is 10.2. The van der Waals surface area contributed by atoms with E-state index in [9.17, 15) is 14.7 Å². The Balaban J connectivity index is 2.17. The number of carboxylic acids is 1. The van der Waals surface area contributed by atoms with E-state index in [1.54, 1.807) is 22.8 Å². The van der Waals surface area contributed by atoms with Crippen LogP contribution in [0.2, 0.25) is 0 Å². The number of hydrogen-bond donors (Lipinski definition) is 1. The van der Waals surface area contributed by atoms with E-state index in [1.165, 1.54) is 24.8 Å². The van der Waals surface area contributed by atoms with E-state index in [4.69, 9.17) is 4.42 Å². The first-order valence-corrected chi connectivity index (χ1v) is 5.97. The topological polar surface area (TPSA) is 98.2 Å². The molecule has 21 heavy (non-hydrogen) atoms. The molecular formula is C14H9N3O4. The highest BCUT2D eigenvalue weighted by Gasteiger charge is 2.16. The highest BCUT2D eigenvalue weighted by atomic mass is 16.4. The summed E-state index contributed by atoms with van der Waals surface area (Å²) in [5.41, 5.74) is 1.14. The van der Waals surface area contributed by atoms with Gasteiger partial charge in [-0.3, -0.25) is 9.36 Å². The predicted molar refractivity (Wildman–Crippen MR) is 71.4 cm³/mol. The number of carboxylic acid groups (broad SMARTS) is 1. The lowest BCUT2D eigenvalue weighted by Crippen LogP contribution is -2.01. The molecule has 0 radical (unpaired) electrons. The van der Waals surface area contributed by atoms with E-state index in [-0.39, 0.29) is 11.3 Å². The number of aromatic carboxylic acids is 1. The van der Waals surface area contributed by atoms with Gasteiger partial charge in [0, 0.05) is 11.3 Å². The van der Waals surface area contributed by atoms with Crippen molar-refractivity contribution in [1.82, 2.24) is 14.8 Å². The molecule has 3 rings (SSSR count). The molecule has 0 saturated carbocycles. The number of carbonyl (C=O) groups excluding carboxylic acids is 1. The Labute approximate surface area is 118 Å². The van der Waals surface area contributed by atoms with Crippen LogP contribution in [-0.2, 0) is 0 Å². The first-order valence-electron chi connectivity index (χ1n) is 5.97. The highest BCUT2D eigenvalue weighted by molar-refractivity contribution is 5.96. The maximum atomic E-state index is 11.3. The quantitative estimate of drug-likeness (QED) is 0.736. The van der Waals surface area contributed by atoms with Crippen molar-refractivity contribution in [2.75, 3.05) is 0 Å². The lowest BCUT2D eigenvalue weighted by Gasteiger charge is -2.07. The zero-order valence-corrected chi connectivity index (χ0v) is 10.6. The van der Waals surface area contributed by atoms with E-state index < -0.39 is 5.97 Å². The Bertz CT molecular complexity index is 806. The molecule has 2 heterocycles. The fourth-order valence-corrected chi connectivity index (χ4v) is 1.98. The minimum absolute atomic E-state index is 0.0821. The van der Waals surface area contributed by atoms with Crippen molar-refractivity contribution in [1.29, 1.82) is 0 Å². The molecule has 104 valence electrons. The van der Waals surface area contributed by atoms with Crippen molar-refractivity contribution in [2.24, 2.45) is 0 Å². The smallest absolute Gasteiger partial charge is 0.336 e. The summed E-state index contributed by atoms with van der Waals surface area (Å²) in [5, 5.41) is 16.7. The first kappa shape index (κ1) is 12.8. The van der Waals surface area contributed by atoms with Crippen LogP contribution in [0, 0.1) is 0 Å². The predicted octanol–water partition coefficient (Wildman–Crippen LogP) is 2.04. The second-order valence-corrected chi connectivity index (χ2v) is 4.22. The van der Waals surface area contributed by atoms with Gasteiger partial charge >= 0.3 is 5.97 Å². The lowest BCUT2D eigenvalue weighted by atomic mass is 10.0. The molecule has 3 aromatic rings. The monoisotopic (exact) mass is 283 g/mol. The van der Waals surface area contributed by atoms with E-state index in [0.29, 0.717) is 23.3 Å². The Morgan fingerprint density at radius 1 is 1.19 bits per heavy atom. The Kier molecular flexibility index (Phi) is 3.07. The van der Waals surface area contributed by atoms with E-state index >= 15 is 0 Å². The number of carbonyl (C=O) groups is 2. The molecule has 7 nitrogen and oxygen atoms in total. The Morgan fingerprint density at radius 3 is 2.57 bits per heavy atom. The lowest BCUT2D eigenvalue weighted by molar-refractivity contribution is 0.0697. The molecule has 7 heteroatoms. The average molecular weight is 283 g/mol. The zero-order chi connectivity index (χ0) is 14.8. The van der Waals surface area contributed by atoms with Crippen LogP contribution in [0.3, 0.4) is 0 Å². The number of aromatic nitrogens is 3. The minimum atomic E-state index is -1.08. The van der Waals surface area contributed by atoms with E-state index in [1.807, 2.05) is 0 Å². The minimum Gasteiger partial charge on any atom is -0.478 e. The maximum Gasteiger partial charge on any atom is 0.336 e. The Hall–Kier alpha value is -3.22. The number of benzene rings is 1. The molecule has 0 bridgehead atoms. The van der Waals surface area contributed by atoms with Gasteiger partial charge in [-0.1, -0.05) is 0 Å².